The highest BCUT2D eigenvalue weighted by atomic mass is 35.5. The van der Waals surface area contributed by atoms with Crippen LogP contribution in [-0.2, 0) is 9.84 Å². The Morgan fingerprint density at radius 3 is 1.48 bits per heavy atom. The van der Waals surface area contributed by atoms with Crippen molar-refractivity contribution in [3.63, 3.8) is 0 Å². The van der Waals surface area contributed by atoms with Crippen molar-refractivity contribution in [1.29, 1.82) is 0 Å². The van der Waals surface area contributed by atoms with E-state index in [9.17, 15) is 8.42 Å². The molecule has 2 unspecified atom stereocenters. The molecule has 2 aromatic carbocycles. The third-order valence-corrected chi connectivity index (χ3v) is 7.23. The summed E-state index contributed by atoms with van der Waals surface area (Å²) in [6.07, 6.45) is 0.580. The fraction of sp³-hybridized carbons (Fsp3) is 0.222. The Hall–Kier alpha value is -2.09. The summed E-state index contributed by atoms with van der Waals surface area (Å²) < 4.78 is 26.0. The van der Waals surface area contributed by atoms with Gasteiger partial charge in [-0.15, -0.1) is 0 Å². The summed E-state index contributed by atoms with van der Waals surface area (Å²) in [4.78, 5) is 0. The molecule has 6 nitrogen and oxygen atoms in total. The van der Waals surface area contributed by atoms with Gasteiger partial charge < -0.3 is 0 Å². The summed E-state index contributed by atoms with van der Waals surface area (Å²) in [7, 11) is -3.54. The lowest BCUT2D eigenvalue weighted by Gasteiger charge is -2.17. The molecule has 140 valence electrons. The summed E-state index contributed by atoms with van der Waals surface area (Å²) in [6.45, 7) is 0. The first kappa shape index (κ1) is 18.3. The molecule has 0 saturated heterocycles. The Bertz CT molecular complexity index is 941. The second kappa shape index (κ2) is 7.14. The zero-order valence-electron chi connectivity index (χ0n) is 14.1. The minimum absolute atomic E-state index is 0.290. The lowest BCUT2D eigenvalue weighted by Crippen LogP contribution is -2.42. The smallest absolute Gasteiger partial charge is 0.195 e. The van der Waals surface area contributed by atoms with Gasteiger partial charge in [0.2, 0.25) is 0 Å². The van der Waals surface area contributed by atoms with E-state index in [1.165, 1.54) is 0 Å². The van der Waals surface area contributed by atoms with E-state index in [1.807, 2.05) is 24.3 Å². The molecule has 0 bridgehead atoms. The van der Waals surface area contributed by atoms with Gasteiger partial charge in [0.25, 0.3) is 0 Å². The summed E-state index contributed by atoms with van der Waals surface area (Å²) in [5.74, 6) is 0. The summed E-state index contributed by atoms with van der Waals surface area (Å²) in [6, 6.07) is 14.3. The molecule has 2 atom stereocenters. The quantitative estimate of drug-likeness (QED) is 0.792. The van der Waals surface area contributed by atoms with Gasteiger partial charge in [0.15, 0.2) is 20.6 Å². The summed E-state index contributed by atoms with van der Waals surface area (Å²) in [5, 5.41) is 8.07. The molecule has 9 heteroatoms. The van der Waals surface area contributed by atoms with E-state index < -0.39 is 20.6 Å². The number of sulfone groups is 1. The molecule has 2 aromatic rings. The molecule has 0 radical (unpaired) electrons. The molecule has 2 heterocycles. The van der Waals surface area contributed by atoms with Gasteiger partial charge in [0.05, 0.1) is 11.4 Å². The van der Waals surface area contributed by atoms with Crippen LogP contribution in [0.1, 0.15) is 24.0 Å². The van der Waals surface area contributed by atoms with Crippen LogP contribution in [0.4, 0.5) is 0 Å². The lowest BCUT2D eigenvalue weighted by molar-refractivity contribution is 0.541. The second-order valence-corrected chi connectivity index (χ2v) is 9.55. The van der Waals surface area contributed by atoms with Crippen LogP contribution in [0.15, 0.2) is 58.7 Å². The van der Waals surface area contributed by atoms with E-state index in [2.05, 4.69) is 21.1 Å². The number of nitrogens with zero attached hydrogens (tertiary/aromatic N) is 2. The Kier molecular flexibility index (Phi) is 4.84. The first-order valence-electron chi connectivity index (χ1n) is 8.32. The molecule has 0 spiro atoms. The Morgan fingerprint density at radius 2 is 1.11 bits per heavy atom. The number of rotatable bonds is 4. The molecule has 2 aliphatic rings. The van der Waals surface area contributed by atoms with Crippen LogP contribution < -0.4 is 10.9 Å². The Balaban J connectivity index is 1.44. The standard InChI is InChI=1S/C18H16Cl2N4O2S/c19-13-5-1-11(2-6-13)15-9-17(23-21-15)27(25,26)18-10-16(22-24-18)12-3-7-14(20)8-4-12/h1-8,17-18,23-24H,9-10H2. The molecule has 0 saturated carbocycles. The number of benzene rings is 2. The van der Waals surface area contributed by atoms with Gasteiger partial charge in [-0.3, -0.25) is 10.9 Å². The van der Waals surface area contributed by atoms with Crippen LogP contribution in [0.3, 0.4) is 0 Å². The molecular formula is C18H16Cl2N4O2S. The maximum atomic E-state index is 13.0. The van der Waals surface area contributed by atoms with Crippen molar-refractivity contribution in [2.45, 2.75) is 23.6 Å². The molecule has 2 N–H and O–H groups in total. The van der Waals surface area contributed by atoms with Crippen molar-refractivity contribution >= 4 is 44.5 Å². The maximum absolute atomic E-state index is 13.0. The predicted molar refractivity (Wildman–Crippen MR) is 108 cm³/mol. The molecule has 0 fully saturated rings. The first-order valence-corrected chi connectivity index (χ1v) is 10.7. The van der Waals surface area contributed by atoms with E-state index in [1.54, 1.807) is 24.3 Å². The fourth-order valence-corrected chi connectivity index (χ4v) is 4.89. The lowest BCUT2D eigenvalue weighted by atomic mass is 10.1. The minimum atomic E-state index is -3.54. The summed E-state index contributed by atoms with van der Waals surface area (Å²) in [5.41, 5.74) is 8.60. The molecule has 0 aliphatic carbocycles. The van der Waals surface area contributed by atoms with Gasteiger partial charge >= 0.3 is 0 Å². The highest BCUT2D eigenvalue weighted by Gasteiger charge is 2.40. The number of hydrogen-bond donors (Lipinski definition) is 2. The van der Waals surface area contributed by atoms with Crippen LogP contribution in [0.2, 0.25) is 10.0 Å². The largest absolute Gasteiger partial charge is 0.291 e. The van der Waals surface area contributed by atoms with Crippen LogP contribution in [0.25, 0.3) is 0 Å². The fourth-order valence-electron chi connectivity index (χ4n) is 3.06. The first-order chi connectivity index (χ1) is 12.9. The van der Waals surface area contributed by atoms with Gasteiger partial charge in [-0.25, -0.2) is 8.42 Å². The number of halogens is 2. The SMILES string of the molecule is O=S(=O)(C1CC(c2ccc(Cl)cc2)=NN1)C1CC(c2ccc(Cl)cc2)=NN1. The third kappa shape index (κ3) is 3.67. The van der Waals surface area contributed by atoms with Gasteiger partial charge in [0.1, 0.15) is 0 Å². The van der Waals surface area contributed by atoms with Crippen LogP contribution in [-0.4, -0.2) is 30.6 Å². The van der Waals surface area contributed by atoms with Gasteiger partial charge in [-0.1, -0.05) is 47.5 Å². The number of hydrazone groups is 2. The third-order valence-electron chi connectivity index (χ3n) is 4.59. The van der Waals surface area contributed by atoms with Crippen molar-refractivity contribution < 1.29 is 8.42 Å². The van der Waals surface area contributed by atoms with Crippen molar-refractivity contribution in [2.24, 2.45) is 10.2 Å². The Labute approximate surface area is 167 Å². The van der Waals surface area contributed by atoms with Crippen molar-refractivity contribution in [1.82, 2.24) is 10.9 Å². The maximum Gasteiger partial charge on any atom is 0.195 e. The second-order valence-electron chi connectivity index (χ2n) is 6.36. The highest BCUT2D eigenvalue weighted by Crippen LogP contribution is 2.24. The van der Waals surface area contributed by atoms with E-state index in [4.69, 9.17) is 23.2 Å². The van der Waals surface area contributed by atoms with Gasteiger partial charge in [0, 0.05) is 22.9 Å². The minimum Gasteiger partial charge on any atom is -0.291 e. The average molecular weight is 423 g/mol. The molecule has 27 heavy (non-hydrogen) atoms. The van der Waals surface area contributed by atoms with Crippen molar-refractivity contribution in [2.75, 3.05) is 0 Å². The normalized spacial score (nSPS) is 22.0. The topological polar surface area (TPSA) is 82.9 Å². The van der Waals surface area contributed by atoms with E-state index in [0.717, 1.165) is 11.1 Å². The molecular weight excluding hydrogens is 407 g/mol. The van der Waals surface area contributed by atoms with E-state index in [-0.39, 0.29) is 0 Å². The number of nitrogens with one attached hydrogen (secondary N) is 2. The monoisotopic (exact) mass is 422 g/mol. The van der Waals surface area contributed by atoms with Crippen molar-refractivity contribution in [3.05, 3.63) is 69.7 Å². The van der Waals surface area contributed by atoms with Gasteiger partial charge in [-0.2, -0.15) is 10.2 Å². The predicted octanol–water partition coefficient (Wildman–Crippen LogP) is 3.16. The summed E-state index contributed by atoms with van der Waals surface area (Å²) >= 11 is 11.8. The van der Waals surface area contributed by atoms with Crippen LogP contribution >= 0.6 is 23.2 Å². The Morgan fingerprint density at radius 1 is 0.741 bits per heavy atom. The zero-order valence-corrected chi connectivity index (χ0v) is 16.4. The number of hydrogen-bond acceptors (Lipinski definition) is 6. The van der Waals surface area contributed by atoms with E-state index >= 15 is 0 Å². The van der Waals surface area contributed by atoms with Crippen molar-refractivity contribution in [3.8, 4) is 0 Å². The van der Waals surface area contributed by atoms with Gasteiger partial charge in [-0.05, 0) is 35.4 Å². The van der Waals surface area contributed by atoms with E-state index in [0.29, 0.717) is 34.3 Å². The highest BCUT2D eigenvalue weighted by molar-refractivity contribution is 7.92. The zero-order chi connectivity index (χ0) is 19.0. The van der Waals surface area contributed by atoms with Crippen LogP contribution in [0, 0.1) is 0 Å². The average Bonchev–Trinajstić information content (AvgIpc) is 3.34. The molecule has 4 rings (SSSR count). The molecule has 0 amide bonds. The van der Waals surface area contributed by atoms with Crippen LogP contribution in [0.5, 0.6) is 0 Å². The molecule has 2 aliphatic heterocycles. The molecule has 0 aromatic heterocycles.